The lowest BCUT2D eigenvalue weighted by Crippen LogP contribution is -2.19. The first kappa shape index (κ1) is 21.4. The van der Waals surface area contributed by atoms with Gasteiger partial charge in [-0.25, -0.2) is 0 Å². The summed E-state index contributed by atoms with van der Waals surface area (Å²) in [6.07, 6.45) is -0.579. The van der Waals surface area contributed by atoms with Crippen LogP contribution >= 0.6 is 11.6 Å². The highest BCUT2D eigenvalue weighted by molar-refractivity contribution is 6.63. The van der Waals surface area contributed by atoms with Gasteiger partial charge in [0.05, 0.1) is 5.56 Å². The zero-order chi connectivity index (χ0) is 21.2. The lowest BCUT2D eigenvalue weighted by Gasteiger charge is -2.25. The van der Waals surface area contributed by atoms with Crippen LogP contribution in [-0.2, 0) is 17.5 Å². The van der Waals surface area contributed by atoms with E-state index in [4.69, 9.17) is 11.6 Å². The maximum absolute atomic E-state index is 13.4. The molecule has 0 amide bonds. The highest BCUT2D eigenvalue weighted by atomic mass is 35.5. The van der Waals surface area contributed by atoms with E-state index in [0.717, 1.165) is 23.4 Å². The summed E-state index contributed by atoms with van der Waals surface area (Å²) in [6.45, 7) is 4.91. The van der Waals surface area contributed by atoms with Crippen molar-refractivity contribution in [3.05, 3.63) is 60.3 Å². The minimum absolute atomic E-state index is 0.0851. The van der Waals surface area contributed by atoms with Gasteiger partial charge >= 0.3 is 6.18 Å². The van der Waals surface area contributed by atoms with Crippen molar-refractivity contribution in [2.45, 2.75) is 45.8 Å². The van der Waals surface area contributed by atoms with E-state index in [2.05, 4.69) is 18.4 Å². The Balaban J connectivity index is 1.93. The van der Waals surface area contributed by atoms with E-state index in [-0.39, 0.29) is 16.2 Å². The van der Waals surface area contributed by atoms with E-state index in [1.807, 2.05) is 24.4 Å². The maximum Gasteiger partial charge on any atom is 0.417 e. The Morgan fingerprint density at radius 2 is 1.79 bits per heavy atom. The van der Waals surface area contributed by atoms with Crippen LogP contribution in [0.3, 0.4) is 0 Å². The second-order valence-corrected chi connectivity index (χ2v) is 8.56. The van der Waals surface area contributed by atoms with Crippen molar-refractivity contribution in [3.63, 3.8) is 0 Å². The molecule has 3 rings (SSSR count). The van der Waals surface area contributed by atoms with Crippen LogP contribution in [0.2, 0.25) is 0 Å². The van der Waals surface area contributed by atoms with Gasteiger partial charge in [0.1, 0.15) is 0 Å². The molecular formula is C23H23ClF3NO. The van der Waals surface area contributed by atoms with Gasteiger partial charge in [0, 0.05) is 24.7 Å². The molecule has 0 aliphatic carbocycles. The summed E-state index contributed by atoms with van der Waals surface area (Å²) in [5, 5.41) is 0.644. The number of hydrogen-bond acceptors (Lipinski definition) is 1. The zero-order valence-corrected chi connectivity index (χ0v) is 17.1. The number of hydrogen-bond donors (Lipinski definition) is 0. The van der Waals surface area contributed by atoms with Crippen LogP contribution in [0.25, 0.3) is 22.0 Å². The summed E-state index contributed by atoms with van der Waals surface area (Å²) in [4.78, 5) is 11.0. The molecule has 0 saturated carbocycles. The Bertz CT molecular complexity index is 1020. The third-order valence-electron chi connectivity index (χ3n) is 5.14. The van der Waals surface area contributed by atoms with Crippen molar-refractivity contribution in [2.24, 2.45) is 5.41 Å². The van der Waals surface area contributed by atoms with Gasteiger partial charge in [0.2, 0.25) is 5.24 Å². The molecule has 0 spiro atoms. The second kappa shape index (κ2) is 8.23. The SMILES string of the molecule is CC(C)(CCCC(=O)Cl)Cn1ccc2ccc(-c3ccccc3C(F)(F)F)cc21. The van der Waals surface area contributed by atoms with E-state index in [0.29, 0.717) is 24.9 Å². The molecule has 1 heterocycles. The molecule has 0 aliphatic heterocycles. The number of rotatable bonds is 7. The van der Waals surface area contributed by atoms with Gasteiger partial charge in [0.25, 0.3) is 0 Å². The molecule has 0 aliphatic rings. The van der Waals surface area contributed by atoms with Crippen molar-refractivity contribution in [1.29, 1.82) is 0 Å². The number of benzene rings is 2. The number of aromatic nitrogens is 1. The van der Waals surface area contributed by atoms with Crippen LogP contribution in [0.1, 0.15) is 38.7 Å². The monoisotopic (exact) mass is 421 g/mol. The highest BCUT2D eigenvalue weighted by Gasteiger charge is 2.33. The quantitative estimate of drug-likeness (QED) is 0.367. The molecule has 1 aromatic heterocycles. The molecule has 6 heteroatoms. The van der Waals surface area contributed by atoms with Crippen LogP contribution < -0.4 is 0 Å². The summed E-state index contributed by atoms with van der Waals surface area (Å²) in [7, 11) is 0. The Morgan fingerprint density at radius 3 is 2.48 bits per heavy atom. The summed E-state index contributed by atoms with van der Waals surface area (Å²) in [5.41, 5.74) is 0.882. The molecule has 154 valence electrons. The minimum Gasteiger partial charge on any atom is -0.347 e. The molecule has 0 unspecified atom stereocenters. The Kier molecular flexibility index (Phi) is 6.08. The third-order valence-corrected chi connectivity index (χ3v) is 5.33. The average Bonchev–Trinajstić information content (AvgIpc) is 3.02. The molecular weight excluding hydrogens is 399 g/mol. The topological polar surface area (TPSA) is 22.0 Å². The number of halogens is 4. The molecule has 0 saturated heterocycles. The number of carbonyl (C=O) groups excluding carboxylic acids is 1. The first-order valence-electron chi connectivity index (χ1n) is 9.51. The number of fused-ring (bicyclic) bond motifs is 1. The largest absolute Gasteiger partial charge is 0.417 e. The van der Waals surface area contributed by atoms with E-state index < -0.39 is 11.7 Å². The third kappa shape index (κ3) is 5.21. The van der Waals surface area contributed by atoms with Crippen LogP contribution in [0.4, 0.5) is 13.2 Å². The molecule has 0 fully saturated rings. The Morgan fingerprint density at radius 1 is 1.07 bits per heavy atom. The average molecular weight is 422 g/mol. The van der Waals surface area contributed by atoms with Gasteiger partial charge in [-0.1, -0.05) is 44.2 Å². The van der Waals surface area contributed by atoms with E-state index in [1.54, 1.807) is 12.1 Å². The van der Waals surface area contributed by atoms with Crippen molar-refractivity contribution >= 4 is 27.7 Å². The predicted molar refractivity (Wildman–Crippen MR) is 111 cm³/mol. The molecule has 29 heavy (non-hydrogen) atoms. The van der Waals surface area contributed by atoms with Gasteiger partial charge in [-0.3, -0.25) is 4.79 Å². The molecule has 0 radical (unpaired) electrons. The van der Waals surface area contributed by atoms with Gasteiger partial charge in [-0.2, -0.15) is 13.2 Å². The predicted octanol–water partition coefficient (Wildman–Crippen LogP) is 7.29. The fourth-order valence-corrected chi connectivity index (χ4v) is 3.85. The Labute approximate surface area is 173 Å². The summed E-state index contributed by atoms with van der Waals surface area (Å²) < 4.78 is 42.3. The van der Waals surface area contributed by atoms with Crippen molar-refractivity contribution in [1.82, 2.24) is 4.57 Å². The van der Waals surface area contributed by atoms with Crippen LogP contribution in [0.5, 0.6) is 0 Å². The lowest BCUT2D eigenvalue weighted by atomic mass is 9.87. The molecule has 2 aromatic carbocycles. The van der Waals surface area contributed by atoms with Crippen molar-refractivity contribution in [3.8, 4) is 11.1 Å². The summed E-state index contributed by atoms with van der Waals surface area (Å²) in [6, 6.07) is 13.0. The first-order chi connectivity index (χ1) is 13.6. The summed E-state index contributed by atoms with van der Waals surface area (Å²) in [5.74, 6) is 0. The maximum atomic E-state index is 13.4. The number of alkyl halides is 3. The molecule has 0 atom stereocenters. The van der Waals surface area contributed by atoms with Gasteiger partial charge in [0.15, 0.2) is 0 Å². The van der Waals surface area contributed by atoms with Crippen molar-refractivity contribution < 1.29 is 18.0 Å². The zero-order valence-electron chi connectivity index (χ0n) is 16.4. The number of carbonyl (C=O) groups is 1. The first-order valence-corrected chi connectivity index (χ1v) is 9.88. The van der Waals surface area contributed by atoms with Crippen LogP contribution in [0, 0.1) is 5.41 Å². The molecule has 3 aromatic rings. The van der Waals surface area contributed by atoms with E-state index >= 15 is 0 Å². The summed E-state index contributed by atoms with van der Waals surface area (Å²) >= 11 is 5.42. The molecule has 0 bridgehead atoms. The smallest absolute Gasteiger partial charge is 0.347 e. The molecule has 2 nitrogen and oxygen atoms in total. The fraction of sp³-hybridized carbons (Fsp3) is 0.348. The highest BCUT2D eigenvalue weighted by Crippen LogP contribution is 2.38. The minimum atomic E-state index is -4.41. The second-order valence-electron chi connectivity index (χ2n) is 8.13. The Hall–Kier alpha value is -2.27. The van der Waals surface area contributed by atoms with Crippen molar-refractivity contribution in [2.75, 3.05) is 0 Å². The van der Waals surface area contributed by atoms with E-state index in [9.17, 15) is 18.0 Å². The molecule has 0 N–H and O–H groups in total. The number of nitrogens with zero attached hydrogens (tertiary/aromatic N) is 1. The fourth-order valence-electron chi connectivity index (χ4n) is 3.72. The van der Waals surface area contributed by atoms with Gasteiger partial charge in [-0.15, -0.1) is 0 Å². The van der Waals surface area contributed by atoms with Crippen LogP contribution in [-0.4, -0.2) is 9.81 Å². The van der Waals surface area contributed by atoms with Gasteiger partial charge < -0.3 is 4.57 Å². The lowest BCUT2D eigenvalue weighted by molar-refractivity contribution is -0.137. The standard InChI is InChI=1S/C23H23ClF3NO/c1-22(2,12-5-8-21(24)29)15-28-13-11-16-9-10-17(14-20(16)28)18-6-3-4-7-19(18)23(25,26)27/h3-4,6-7,9-11,13-14H,5,8,12,15H2,1-2H3. The van der Waals surface area contributed by atoms with Gasteiger partial charge in [-0.05, 0) is 64.6 Å². The normalized spacial score (nSPS) is 12.5. The van der Waals surface area contributed by atoms with E-state index in [1.165, 1.54) is 12.1 Å². The van der Waals surface area contributed by atoms with Crippen LogP contribution in [0.15, 0.2) is 54.7 Å².